The zero-order valence-electron chi connectivity index (χ0n) is 17.8. The number of ether oxygens (including phenoxy) is 2. The predicted octanol–water partition coefficient (Wildman–Crippen LogP) is 6.05. The molecule has 1 atom stereocenters. The highest BCUT2D eigenvalue weighted by Crippen LogP contribution is 2.41. The van der Waals surface area contributed by atoms with Crippen molar-refractivity contribution in [3.05, 3.63) is 81.8 Å². The molecule has 0 aliphatic carbocycles. The van der Waals surface area contributed by atoms with Crippen molar-refractivity contribution >= 4 is 50.5 Å². The van der Waals surface area contributed by atoms with Gasteiger partial charge in [-0.05, 0) is 60.7 Å². The second-order valence-corrected chi connectivity index (χ2v) is 8.49. The minimum absolute atomic E-state index is 0.144. The average molecular weight is 515 g/mol. The minimum atomic E-state index is -0.434. The maximum Gasteiger partial charge on any atom is 0.198 e. The summed E-state index contributed by atoms with van der Waals surface area (Å²) in [4.78, 5) is 14.6. The molecule has 0 radical (unpaired) electrons. The second kappa shape index (κ2) is 9.22. The molecule has 0 aromatic heterocycles. The van der Waals surface area contributed by atoms with E-state index in [0.717, 1.165) is 21.4 Å². The molecule has 3 aromatic carbocycles. The van der Waals surface area contributed by atoms with Crippen LogP contribution in [0.5, 0.6) is 11.5 Å². The number of amidine groups is 1. The standard InChI is InChI=1S/C24H21BrClN3O3/c1-15(30)23-27-29(20-11-7-18(26)8-12-20)24(28(23)19-9-5-17(25)6-10-19)16-4-13-21(31-2)22(14-16)32-3/h4-14,24H,1-3H3. The van der Waals surface area contributed by atoms with E-state index in [0.29, 0.717) is 22.4 Å². The van der Waals surface area contributed by atoms with Crippen molar-refractivity contribution in [1.82, 2.24) is 0 Å². The lowest BCUT2D eigenvalue weighted by Crippen LogP contribution is -2.37. The number of nitrogens with zero attached hydrogens (tertiary/aromatic N) is 3. The Morgan fingerprint density at radius 1 is 0.938 bits per heavy atom. The van der Waals surface area contributed by atoms with Crippen LogP contribution in [0.3, 0.4) is 0 Å². The zero-order valence-corrected chi connectivity index (χ0v) is 20.1. The minimum Gasteiger partial charge on any atom is -0.493 e. The maximum atomic E-state index is 12.7. The van der Waals surface area contributed by atoms with E-state index < -0.39 is 6.17 Å². The summed E-state index contributed by atoms with van der Waals surface area (Å²) in [6, 6.07) is 20.8. The van der Waals surface area contributed by atoms with Crippen LogP contribution in [-0.4, -0.2) is 25.8 Å². The maximum absolute atomic E-state index is 12.7. The van der Waals surface area contributed by atoms with Crippen molar-refractivity contribution in [2.24, 2.45) is 5.10 Å². The highest BCUT2D eigenvalue weighted by molar-refractivity contribution is 9.10. The summed E-state index contributed by atoms with van der Waals surface area (Å²) in [6.07, 6.45) is -0.434. The Morgan fingerprint density at radius 3 is 2.16 bits per heavy atom. The molecule has 1 heterocycles. The fourth-order valence-electron chi connectivity index (χ4n) is 3.63. The first kappa shape index (κ1) is 22.2. The normalized spacial score (nSPS) is 15.5. The van der Waals surface area contributed by atoms with E-state index in [1.807, 2.05) is 64.5 Å². The number of halogens is 2. The Bertz CT molecular complexity index is 1170. The third kappa shape index (κ3) is 4.18. The number of carbonyl (C=O) groups is 1. The van der Waals surface area contributed by atoms with Crippen molar-refractivity contribution in [3.8, 4) is 11.5 Å². The summed E-state index contributed by atoms with van der Waals surface area (Å²) in [5.41, 5.74) is 2.51. The Hall–Kier alpha value is -3.03. The van der Waals surface area contributed by atoms with E-state index in [2.05, 4.69) is 15.9 Å². The van der Waals surface area contributed by atoms with E-state index in [-0.39, 0.29) is 5.78 Å². The molecule has 4 rings (SSSR count). The molecule has 8 heteroatoms. The fraction of sp³-hybridized carbons (Fsp3) is 0.167. The van der Waals surface area contributed by atoms with E-state index in [4.69, 9.17) is 26.2 Å². The van der Waals surface area contributed by atoms with E-state index in [1.54, 1.807) is 26.4 Å². The zero-order chi connectivity index (χ0) is 22.8. The van der Waals surface area contributed by atoms with Crippen LogP contribution in [0.1, 0.15) is 18.7 Å². The van der Waals surface area contributed by atoms with Gasteiger partial charge in [-0.25, -0.2) is 5.01 Å². The van der Waals surface area contributed by atoms with Gasteiger partial charge < -0.3 is 9.47 Å². The molecular weight excluding hydrogens is 494 g/mol. The quantitative estimate of drug-likeness (QED) is 0.401. The third-order valence-electron chi connectivity index (χ3n) is 5.12. The number of benzene rings is 3. The van der Waals surface area contributed by atoms with Crippen molar-refractivity contribution in [3.63, 3.8) is 0 Å². The number of Topliss-reactive ketones (excluding diaryl/α,β-unsaturated/α-hetero) is 1. The Kier molecular flexibility index (Phi) is 6.39. The molecule has 1 aliphatic rings. The topological polar surface area (TPSA) is 54.4 Å². The van der Waals surface area contributed by atoms with Gasteiger partial charge in [0.2, 0.25) is 0 Å². The first-order valence-electron chi connectivity index (χ1n) is 9.84. The third-order valence-corrected chi connectivity index (χ3v) is 5.90. The monoisotopic (exact) mass is 513 g/mol. The van der Waals surface area contributed by atoms with E-state index in [1.165, 1.54) is 6.92 Å². The fourth-order valence-corrected chi connectivity index (χ4v) is 4.02. The van der Waals surface area contributed by atoms with Gasteiger partial charge in [-0.2, -0.15) is 0 Å². The Balaban J connectivity index is 1.91. The molecule has 0 amide bonds. The molecule has 3 aromatic rings. The molecule has 164 valence electrons. The van der Waals surface area contributed by atoms with Gasteiger partial charge in [0.15, 0.2) is 29.3 Å². The van der Waals surface area contributed by atoms with Crippen LogP contribution in [0.25, 0.3) is 0 Å². The summed E-state index contributed by atoms with van der Waals surface area (Å²) in [7, 11) is 3.19. The van der Waals surface area contributed by atoms with Crippen LogP contribution in [-0.2, 0) is 4.79 Å². The average Bonchev–Trinajstić information content (AvgIpc) is 3.20. The van der Waals surface area contributed by atoms with Gasteiger partial charge in [-0.1, -0.05) is 33.6 Å². The molecule has 0 bridgehead atoms. The molecular formula is C24H21BrClN3O3. The van der Waals surface area contributed by atoms with Crippen LogP contribution in [0.2, 0.25) is 5.02 Å². The van der Waals surface area contributed by atoms with Crippen molar-refractivity contribution in [1.29, 1.82) is 0 Å². The molecule has 1 unspecified atom stereocenters. The SMILES string of the molecule is COc1ccc(C2N(c3ccc(Cl)cc3)N=C(C(C)=O)N2c2ccc(Br)cc2)cc1OC. The number of hydrazone groups is 1. The van der Waals surface area contributed by atoms with Crippen molar-refractivity contribution < 1.29 is 14.3 Å². The number of ketones is 1. The summed E-state index contributed by atoms with van der Waals surface area (Å²) in [5, 5.41) is 7.16. The van der Waals surface area contributed by atoms with Gasteiger partial charge in [-0.3, -0.25) is 9.69 Å². The Labute approximate surface area is 200 Å². The van der Waals surface area contributed by atoms with Crippen LogP contribution >= 0.6 is 27.5 Å². The Morgan fingerprint density at radius 2 is 1.56 bits per heavy atom. The van der Waals surface area contributed by atoms with Gasteiger partial charge >= 0.3 is 0 Å². The molecule has 0 fully saturated rings. The van der Waals surface area contributed by atoms with Crippen molar-refractivity contribution in [2.45, 2.75) is 13.1 Å². The van der Waals surface area contributed by atoms with Gasteiger partial charge in [0.25, 0.3) is 0 Å². The number of carbonyl (C=O) groups excluding carboxylic acids is 1. The molecule has 0 N–H and O–H groups in total. The molecule has 0 saturated heterocycles. The van der Waals surface area contributed by atoms with Crippen LogP contribution in [0, 0.1) is 0 Å². The summed E-state index contributed by atoms with van der Waals surface area (Å²) in [6.45, 7) is 1.52. The largest absolute Gasteiger partial charge is 0.493 e. The molecule has 6 nitrogen and oxygen atoms in total. The number of hydrogen-bond donors (Lipinski definition) is 0. The van der Waals surface area contributed by atoms with Crippen LogP contribution in [0.4, 0.5) is 11.4 Å². The summed E-state index contributed by atoms with van der Waals surface area (Å²) in [5.74, 6) is 1.40. The van der Waals surface area contributed by atoms with Gasteiger partial charge in [0.1, 0.15) is 0 Å². The lowest BCUT2D eigenvalue weighted by molar-refractivity contribution is -0.111. The number of anilines is 2. The summed E-state index contributed by atoms with van der Waals surface area (Å²) < 4.78 is 11.9. The van der Waals surface area contributed by atoms with E-state index in [9.17, 15) is 4.79 Å². The first-order valence-corrected chi connectivity index (χ1v) is 11.0. The number of hydrogen-bond acceptors (Lipinski definition) is 6. The molecule has 1 aliphatic heterocycles. The first-order chi connectivity index (χ1) is 15.4. The number of rotatable bonds is 6. The number of methoxy groups -OCH3 is 2. The van der Waals surface area contributed by atoms with Gasteiger partial charge in [-0.15, -0.1) is 5.10 Å². The van der Waals surface area contributed by atoms with Crippen LogP contribution < -0.4 is 19.4 Å². The van der Waals surface area contributed by atoms with Gasteiger partial charge in [0.05, 0.1) is 19.9 Å². The van der Waals surface area contributed by atoms with Crippen molar-refractivity contribution in [2.75, 3.05) is 24.1 Å². The molecule has 0 saturated carbocycles. The highest BCUT2D eigenvalue weighted by Gasteiger charge is 2.39. The lowest BCUT2D eigenvalue weighted by Gasteiger charge is -2.32. The highest BCUT2D eigenvalue weighted by atomic mass is 79.9. The summed E-state index contributed by atoms with van der Waals surface area (Å²) >= 11 is 9.59. The smallest absolute Gasteiger partial charge is 0.198 e. The lowest BCUT2D eigenvalue weighted by atomic mass is 10.1. The van der Waals surface area contributed by atoms with E-state index >= 15 is 0 Å². The van der Waals surface area contributed by atoms with Crippen LogP contribution in [0.15, 0.2) is 76.3 Å². The molecule has 32 heavy (non-hydrogen) atoms. The van der Waals surface area contributed by atoms with Gasteiger partial charge in [0, 0.05) is 27.7 Å². The predicted molar refractivity (Wildman–Crippen MR) is 131 cm³/mol. The second-order valence-electron chi connectivity index (χ2n) is 7.14. The molecule has 0 spiro atoms.